The lowest BCUT2D eigenvalue weighted by Gasteiger charge is -2.33. The van der Waals surface area contributed by atoms with Gasteiger partial charge in [0.25, 0.3) is 0 Å². The Balaban J connectivity index is 1.69. The largest absolute Gasteiger partial charge is 0.383 e. The second-order valence-corrected chi connectivity index (χ2v) is 9.06. The van der Waals surface area contributed by atoms with Gasteiger partial charge in [0, 0.05) is 28.6 Å². The minimum Gasteiger partial charge on any atom is -0.383 e. The predicted molar refractivity (Wildman–Crippen MR) is 117 cm³/mol. The van der Waals surface area contributed by atoms with E-state index in [2.05, 4.69) is 34.3 Å². The van der Waals surface area contributed by atoms with Gasteiger partial charge in [-0.25, -0.2) is 9.97 Å². The lowest BCUT2D eigenvalue weighted by atomic mass is 9.90. The van der Waals surface area contributed by atoms with Crippen LogP contribution in [0.5, 0.6) is 0 Å². The predicted octanol–water partition coefficient (Wildman–Crippen LogP) is 2.52. The molecule has 3 aromatic rings. The van der Waals surface area contributed by atoms with Crippen LogP contribution < -0.4 is 11.1 Å². The van der Waals surface area contributed by atoms with Gasteiger partial charge in [-0.3, -0.25) is 4.79 Å². The number of benzene rings is 1. The number of anilines is 1. The molecule has 1 amide bonds. The molecule has 7 nitrogen and oxygen atoms in total. The Morgan fingerprint density at radius 2 is 2.03 bits per heavy atom. The average molecular weight is 414 g/mol. The number of hydrogen-bond donors (Lipinski definition) is 3. The van der Waals surface area contributed by atoms with Crippen LogP contribution in [0.4, 0.5) is 5.82 Å². The fourth-order valence-electron chi connectivity index (χ4n) is 4.24. The molecule has 0 aliphatic heterocycles. The van der Waals surface area contributed by atoms with Gasteiger partial charge in [-0.05, 0) is 51.4 Å². The molecule has 2 aromatic heterocycles. The molecule has 1 aliphatic carbocycles. The second kappa shape index (κ2) is 8.22. The molecular formula is C21H27N5O2S. The number of hydrogen-bond acceptors (Lipinski definition) is 7. The molecule has 1 fully saturated rings. The van der Waals surface area contributed by atoms with Crippen LogP contribution in [0.2, 0.25) is 0 Å². The highest BCUT2D eigenvalue weighted by Crippen LogP contribution is 2.39. The fourth-order valence-corrected chi connectivity index (χ4v) is 5.33. The number of thiophene rings is 1. The number of fused-ring (bicyclic) bond motifs is 3. The summed E-state index contributed by atoms with van der Waals surface area (Å²) in [6, 6.07) is 6.92. The first-order chi connectivity index (χ1) is 13.9. The van der Waals surface area contributed by atoms with E-state index in [0.717, 1.165) is 44.5 Å². The number of aromatic nitrogens is 2. The lowest BCUT2D eigenvalue weighted by molar-refractivity contribution is -0.125. The van der Waals surface area contributed by atoms with Gasteiger partial charge >= 0.3 is 0 Å². The Morgan fingerprint density at radius 3 is 2.72 bits per heavy atom. The third kappa shape index (κ3) is 4.05. The summed E-state index contributed by atoms with van der Waals surface area (Å²) >= 11 is 1.60. The quantitative estimate of drug-likeness (QED) is 0.574. The van der Waals surface area contributed by atoms with E-state index in [-0.39, 0.29) is 6.42 Å². The summed E-state index contributed by atoms with van der Waals surface area (Å²) in [5.74, 6) is 0.115. The Morgan fingerprint density at radius 1 is 1.28 bits per heavy atom. The van der Waals surface area contributed by atoms with Gasteiger partial charge in [-0.2, -0.15) is 0 Å². The van der Waals surface area contributed by atoms with Crippen molar-refractivity contribution < 1.29 is 9.90 Å². The van der Waals surface area contributed by atoms with Crippen LogP contribution in [0.3, 0.4) is 0 Å². The number of rotatable bonds is 6. The second-order valence-electron chi connectivity index (χ2n) is 8.03. The van der Waals surface area contributed by atoms with Crippen LogP contribution in [0.15, 0.2) is 24.5 Å². The van der Waals surface area contributed by atoms with Gasteiger partial charge in [0.1, 0.15) is 23.1 Å². The first-order valence-corrected chi connectivity index (χ1v) is 10.8. The molecule has 4 N–H and O–H groups in total. The van der Waals surface area contributed by atoms with E-state index >= 15 is 0 Å². The van der Waals surface area contributed by atoms with Gasteiger partial charge in [-0.1, -0.05) is 12.1 Å². The van der Waals surface area contributed by atoms with Crippen molar-refractivity contribution in [2.75, 3.05) is 19.4 Å². The molecule has 0 bridgehead atoms. The number of nitrogens with one attached hydrogen (secondary N) is 1. The molecule has 1 aliphatic rings. The van der Waals surface area contributed by atoms with Crippen molar-refractivity contribution >= 4 is 43.4 Å². The zero-order valence-corrected chi connectivity index (χ0v) is 17.6. The molecule has 4 rings (SSSR count). The molecule has 1 aromatic carbocycles. The number of aliphatic hydroxyl groups is 1. The number of primary amides is 1. The maximum Gasteiger partial charge on any atom is 0.246 e. The minimum atomic E-state index is -1.21. The molecule has 8 heteroatoms. The minimum absolute atomic E-state index is 0.181. The van der Waals surface area contributed by atoms with Crippen LogP contribution in [0, 0.1) is 0 Å². The highest BCUT2D eigenvalue weighted by atomic mass is 32.1. The molecule has 1 saturated carbocycles. The summed E-state index contributed by atoms with van der Waals surface area (Å²) in [4.78, 5) is 23.6. The normalized spacial score (nSPS) is 21.0. The zero-order chi connectivity index (χ0) is 20.5. The molecule has 0 radical (unpaired) electrons. The maximum atomic E-state index is 11.4. The van der Waals surface area contributed by atoms with Crippen LogP contribution in [-0.4, -0.2) is 58.2 Å². The summed E-state index contributed by atoms with van der Waals surface area (Å²) in [5, 5.41) is 15.6. The van der Waals surface area contributed by atoms with Gasteiger partial charge < -0.3 is 21.1 Å². The molecule has 1 atom stereocenters. The van der Waals surface area contributed by atoms with Crippen molar-refractivity contribution in [3.63, 3.8) is 0 Å². The summed E-state index contributed by atoms with van der Waals surface area (Å²) in [7, 11) is 4.29. The fraction of sp³-hybridized carbons (Fsp3) is 0.476. The maximum absolute atomic E-state index is 11.4. The number of aliphatic hydroxyl groups excluding tert-OH is 1. The standard InChI is InChI=1S/C21H27N5O2S/c1-26(2)14-8-6-13(7-9-14)25-20-18-17-12(10-15(27)19(22)28)4-3-5-16(17)29-21(18)24-11-23-20/h3-5,11,13-15,27H,6-10H2,1-2H3,(H2,22,28)(H,23,24,25)/t13?,14?,15-/m1/s1. The Kier molecular flexibility index (Phi) is 5.67. The van der Waals surface area contributed by atoms with E-state index in [1.165, 1.54) is 12.8 Å². The summed E-state index contributed by atoms with van der Waals surface area (Å²) in [6.07, 6.45) is 5.11. The molecule has 0 spiro atoms. The molecule has 154 valence electrons. The van der Waals surface area contributed by atoms with E-state index in [4.69, 9.17) is 5.73 Å². The number of carbonyl (C=O) groups excluding carboxylic acids is 1. The van der Waals surface area contributed by atoms with Crippen molar-refractivity contribution in [1.82, 2.24) is 14.9 Å². The molecule has 2 heterocycles. The topological polar surface area (TPSA) is 104 Å². The highest BCUT2D eigenvalue weighted by Gasteiger charge is 2.24. The van der Waals surface area contributed by atoms with Crippen molar-refractivity contribution in [1.29, 1.82) is 0 Å². The summed E-state index contributed by atoms with van der Waals surface area (Å²) in [6.45, 7) is 0. The number of amides is 1. The smallest absolute Gasteiger partial charge is 0.246 e. The number of nitrogens with two attached hydrogens (primary N) is 1. The van der Waals surface area contributed by atoms with Crippen molar-refractivity contribution in [3.05, 3.63) is 30.1 Å². The lowest BCUT2D eigenvalue weighted by Crippen LogP contribution is -2.36. The van der Waals surface area contributed by atoms with E-state index in [1.54, 1.807) is 17.7 Å². The first-order valence-electron chi connectivity index (χ1n) is 9.99. The summed E-state index contributed by atoms with van der Waals surface area (Å²) < 4.78 is 1.06. The molecular weight excluding hydrogens is 386 g/mol. The van der Waals surface area contributed by atoms with Crippen LogP contribution in [0.25, 0.3) is 20.3 Å². The SMILES string of the molecule is CN(C)C1CCC(Nc2ncnc3sc4cccc(C[C@@H](O)C(N)=O)c4c23)CC1. The zero-order valence-electron chi connectivity index (χ0n) is 16.8. The van der Waals surface area contributed by atoms with Crippen molar-refractivity contribution in [2.45, 2.75) is 50.3 Å². The number of nitrogens with zero attached hydrogens (tertiary/aromatic N) is 3. The van der Waals surface area contributed by atoms with E-state index in [9.17, 15) is 9.90 Å². The van der Waals surface area contributed by atoms with Crippen molar-refractivity contribution in [3.8, 4) is 0 Å². The number of carbonyl (C=O) groups is 1. The first kappa shape index (κ1) is 20.0. The van der Waals surface area contributed by atoms with Crippen LogP contribution >= 0.6 is 11.3 Å². The third-order valence-corrected chi connectivity index (χ3v) is 6.95. The van der Waals surface area contributed by atoms with Crippen LogP contribution in [0.1, 0.15) is 31.2 Å². The monoisotopic (exact) mass is 413 g/mol. The van der Waals surface area contributed by atoms with Gasteiger partial charge in [-0.15, -0.1) is 11.3 Å². The van der Waals surface area contributed by atoms with Gasteiger partial charge in [0.2, 0.25) is 5.91 Å². The molecule has 0 saturated heterocycles. The average Bonchev–Trinajstić information content (AvgIpc) is 3.09. The third-order valence-electron chi connectivity index (χ3n) is 5.89. The van der Waals surface area contributed by atoms with Crippen LogP contribution in [-0.2, 0) is 11.2 Å². The van der Waals surface area contributed by atoms with E-state index < -0.39 is 12.0 Å². The molecule has 0 unspecified atom stereocenters. The Labute approximate surface area is 173 Å². The van der Waals surface area contributed by atoms with E-state index in [1.807, 2.05) is 18.2 Å². The van der Waals surface area contributed by atoms with Gasteiger partial charge in [0.05, 0.1) is 5.39 Å². The molecule has 29 heavy (non-hydrogen) atoms. The Bertz CT molecular complexity index is 1030. The highest BCUT2D eigenvalue weighted by molar-refractivity contribution is 7.25. The Hall–Kier alpha value is -2.29. The van der Waals surface area contributed by atoms with E-state index in [0.29, 0.717) is 12.1 Å². The van der Waals surface area contributed by atoms with Gasteiger partial charge in [0.15, 0.2) is 0 Å². The summed E-state index contributed by atoms with van der Waals surface area (Å²) in [5.41, 5.74) is 6.16. The van der Waals surface area contributed by atoms with Crippen molar-refractivity contribution in [2.24, 2.45) is 5.73 Å².